The van der Waals surface area contributed by atoms with Crippen LogP contribution in [0.4, 0.5) is 4.39 Å². The summed E-state index contributed by atoms with van der Waals surface area (Å²) in [5.74, 6) is -1.20. The van der Waals surface area contributed by atoms with E-state index in [2.05, 4.69) is 54.6 Å². The molecule has 217 valence electrons. The van der Waals surface area contributed by atoms with Crippen LogP contribution < -0.4 is 5.43 Å². The van der Waals surface area contributed by atoms with Crippen molar-refractivity contribution in [2.24, 2.45) is 10.8 Å². The minimum Gasteiger partial charge on any atom is -0.462 e. The number of aromatic nitrogens is 2. The first-order chi connectivity index (χ1) is 18.5. The van der Waals surface area contributed by atoms with E-state index in [1.54, 1.807) is 31.3 Å². The SMILES string of the molecule is CCOC(=O)c1cn([C@H](C(O[Si](C)C)C(C)(C)C)C(C)(C)C)c2nc(C)c(Cc3cccc(Cl)c3F)cc2c1=O. The van der Waals surface area contributed by atoms with Crippen LogP contribution in [0.25, 0.3) is 11.0 Å². The molecule has 0 spiro atoms. The van der Waals surface area contributed by atoms with Crippen molar-refractivity contribution in [1.82, 2.24) is 9.55 Å². The first-order valence-electron chi connectivity index (χ1n) is 13.6. The molecule has 3 aromatic rings. The number of fused-ring (bicyclic) bond motifs is 1. The number of carbonyl (C=O) groups is 1. The van der Waals surface area contributed by atoms with E-state index in [-0.39, 0.29) is 52.0 Å². The summed E-state index contributed by atoms with van der Waals surface area (Å²) in [6.07, 6.45) is 1.53. The largest absolute Gasteiger partial charge is 0.462 e. The minimum atomic E-state index is -1.11. The standard InChI is InChI=1S/C31H41ClFN2O4Si/c1-11-38-29(37)22-17-35(26(30(3,4)5)27(31(6,7)8)39-40(9)10)28-21(25(22)36)16-20(18(2)34-28)15-19-13-12-14-23(32)24(19)33/h12-14,16-17,26-27H,11,15H2,1-10H3/t26-,27?/m1/s1. The zero-order valence-electron chi connectivity index (χ0n) is 25.2. The molecule has 2 heterocycles. The van der Waals surface area contributed by atoms with E-state index < -0.39 is 26.3 Å². The summed E-state index contributed by atoms with van der Waals surface area (Å²) >= 11 is 6.02. The number of hydrogen-bond acceptors (Lipinski definition) is 5. The topological polar surface area (TPSA) is 70.4 Å². The Bertz CT molecular complexity index is 1460. The van der Waals surface area contributed by atoms with Crippen molar-refractivity contribution in [3.05, 3.63) is 73.9 Å². The maximum Gasteiger partial charge on any atom is 0.343 e. The third-order valence-electron chi connectivity index (χ3n) is 6.90. The molecule has 1 radical (unpaired) electrons. The highest BCUT2D eigenvalue weighted by Gasteiger charge is 2.42. The second-order valence-corrected chi connectivity index (χ2v) is 15.1. The van der Waals surface area contributed by atoms with E-state index in [0.29, 0.717) is 22.5 Å². The fraction of sp³-hybridized carbons (Fsp3) is 0.516. The molecule has 2 aromatic heterocycles. The molecule has 6 nitrogen and oxygen atoms in total. The van der Waals surface area contributed by atoms with Gasteiger partial charge in [0, 0.05) is 18.3 Å². The lowest BCUT2D eigenvalue weighted by molar-refractivity contribution is -0.00464. The Morgan fingerprint density at radius 2 is 1.77 bits per heavy atom. The van der Waals surface area contributed by atoms with Crippen LogP contribution in [0.15, 0.2) is 35.3 Å². The van der Waals surface area contributed by atoms with Crippen LogP contribution in [-0.2, 0) is 15.6 Å². The van der Waals surface area contributed by atoms with Gasteiger partial charge in [0.1, 0.15) is 17.0 Å². The summed E-state index contributed by atoms with van der Waals surface area (Å²) in [7, 11) is -1.11. The van der Waals surface area contributed by atoms with Gasteiger partial charge in [-0.2, -0.15) is 0 Å². The highest BCUT2D eigenvalue weighted by molar-refractivity contribution is 6.48. The number of hydrogen-bond donors (Lipinski definition) is 0. The molecule has 0 N–H and O–H groups in total. The number of esters is 1. The maximum absolute atomic E-state index is 14.8. The molecule has 40 heavy (non-hydrogen) atoms. The quantitative estimate of drug-likeness (QED) is 0.201. The summed E-state index contributed by atoms with van der Waals surface area (Å²) in [5, 5.41) is 0.305. The van der Waals surface area contributed by atoms with Crippen molar-refractivity contribution in [2.75, 3.05) is 6.61 Å². The first-order valence-corrected chi connectivity index (χ1v) is 16.4. The van der Waals surface area contributed by atoms with Crippen molar-refractivity contribution in [1.29, 1.82) is 0 Å². The van der Waals surface area contributed by atoms with Gasteiger partial charge in [0.05, 0.1) is 29.2 Å². The van der Waals surface area contributed by atoms with Crippen molar-refractivity contribution in [3.8, 4) is 0 Å². The maximum atomic E-state index is 14.8. The van der Waals surface area contributed by atoms with Crippen molar-refractivity contribution in [3.63, 3.8) is 0 Å². The molecule has 0 saturated carbocycles. The van der Waals surface area contributed by atoms with Gasteiger partial charge >= 0.3 is 5.97 Å². The van der Waals surface area contributed by atoms with E-state index in [0.717, 1.165) is 0 Å². The van der Waals surface area contributed by atoms with Crippen LogP contribution in [0, 0.1) is 23.6 Å². The van der Waals surface area contributed by atoms with Crippen molar-refractivity contribution < 1.29 is 18.3 Å². The highest BCUT2D eigenvalue weighted by atomic mass is 35.5. The molecular weight excluding hydrogens is 547 g/mol. The normalized spacial score (nSPS) is 14.0. The van der Waals surface area contributed by atoms with Gasteiger partial charge in [-0.15, -0.1) is 0 Å². The van der Waals surface area contributed by atoms with Crippen LogP contribution in [0.2, 0.25) is 18.1 Å². The van der Waals surface area contributed by atoms with Crippen LogP contribution >= 0.6 is 11.6 Å². The third kappa shape index (κ3) is 6.83. The second-order valence-electron chi connectivity index (χ2n) is 12.6. The highest BCUT2D eigenvalue weighted by Crippen LogP contribution is 2.43. The number of halogens is 2. The Balaban J connectivity index is 2.41. The smallest absolute Gasteiger partial charge is 0.343 e. The van der Waals surface area contributed by atoms with Gasteiger partial charge in [0.25, 0.3) is 0 Å². The molecule has 0 bridgehead atoms. The Labute approximate surface area is 243 Å². The Hall–Kier alpha value is -2.55. The number of rotatable bonds is 8. The predicted molar refractivity (Wildman–Crippen MR) is 161 cm³/mol. The Kier molecular flexibility index (Phi) is 9.69. The van der Waals surface area contributed by atoms with Crippen LogP contribution in [0.3, 0.4) is 0 Å². The zero-order chi connectivity index (χ0) is 30.2. The number of nitrogens with zero attached hydrogens (tertiary/aromatic N) is 2. The van der Waals surface area contributed by atoms with Gasteiger partial charge in [-0.1, -0.05) is 65.3 Å². The average molecular weight is 588 g/mol. The van der Waals surface area contributed by atoms with Gasteiger partial charge in [0.2, 0.25) is 14.5 Å². The van der Waals surface area contributed by atoms with E-state index in [9.17, 15) is 14.0 Å². The summed E-state index contributed by atoms with van der Waals surface area (Å²) < 4.78 is 28.6. The minimum absolute atomic E-state index is 0.0323. The van der Waals surface area contributed by atoms with Gasteiger partial charge in [-0.05, 0) is 61.0 Å². The van der Waals surface area contributed by atoms with Crippen molar-refractivity contribution >= 4 is 37.6 Å². The molecule has 0 aliphatic rings. The molecule has 0 aliphatic carbocycles. The number of ether oxygens (including phenoxy) is 1. The molecule has 1 unspecified atom stereocenters. The van der Waals surface area contributed by atoms with Crippen LogP contribution in [0.1, 0.15) is 81.7 Å². The molecule has 2 atom stereocenters. The average Bonchev–Trinajstić information content (AvgIpc) is 2.82. The monoisotopic (exact) mass is 587 g/mol. The van der Waals surface area contributed by atoms with Gasteiger partial charge in [-0.3, -0.25) is 4.79 Å². The van der Waals surface area contributed by atoms with Gasteiger partial charge in [-0.25, -0.2) is 14.2 Å². The summed E-state index contributed by atoms with van der Waals surface area (Å²) in [4.78, 5) is 31.7. The number of aryl methyl sites for hydroxylation is 1. The molecule has 0 aliphatic heterocycles. The summed E-state index contributed by atoms with van der Waals surface area (Å²) in [6.45, 7) is 20.6. The molecule has 0 fully saturated rings. The molecule has 0 saturated heterocycles. The molecule has 0 amide bonds. The lowest BCUT2D eigenvalue weighted by atomic mass is 9.74. The summed E-state index contributed by atoms with van der Waals surface area (Å²) in [5.41, 5.74) is 1.02. The molecular formula is C31H41ClFN2O4Si. The van der Waals surface area contributed by atoms with Gasteiger partial charge < -0.3 is 13.7 Å². The lowest BCUT2D eigenvalue weighted by Crippen LogP contribution is -2.46. The predicted octanol–water partition coefficient (Wildman–Crippen LogP) is 7.53. The van der Waals surface area contributed by atoms with E-state index in [1.165, 1.54) is 6.07 Å². The number of benzene rings is 1. The zero-order valence-corrected chi connectivity index (χ0v) is 27.0. The molecule has 1 aromatic carbocycles. The van der Waals surface area contributed by atoms with Gasteiger partial charge in [0.15, 0.2) is 0 Å². The van der Waals surface area contributed by atoms with E-state index >= 15 is 0 Å². The second kappa shape index (κ2) is 12.1. The van der Waals surface area contributed by atoms with Crippen molar-refractivity contribution in [2.45, 2.75) is 87.1 Å². The fourth-order valence-electron chi connectivity index (χ4n) is 5.02. The lowest BCUT2D eigenvalue weighted by Gasteiger charge is -2.45. The summed E-state index contributed by atoms with van der Waals surface area (Å²) in [6, 6.07) is 6.28. The number of carbonyl (C=O) groups excluding carboxylic acids is 1. The molecule has 9 heteroatoms. The Morgan fingerprint density at radius 3 is 2.33 bits per heavy atom. The third-order valence-corrected chi connectivity index (χ3v) is 7.91. The number of pyridine rings is 2. The molecule has 3 rings (SSSR count). The van der Waals surface area contributed by atoms with E-state index in [4.69, 9.17) is 25.7 Å². The van der Waals surface area contributed by atoms with E-state index in [1.807, 2.05) is 11.5 Å². The first kappa shape index (κ1) is 32.0. The Morgan fingerprint density at radius 1 is 1.12 bits per heavy atom. The van der Waals surface area contributed by atoms with Crippen LogP contribution in [-0.4, -0.2) is 37.3 Å². The van der Waals surface area contributed by atoms with Crippen LogP contribution in [0.5, 0.6) is 0 Å². The fourth-order valence-corrected chi connectivity index (χ4v) is 6.21.